The molecule has 1 fully saturated rings. The minimum atomic E-state index is -1.73. The summed E-state index contributed by atoms with van der Waals surface area (Å²) in [5.41, 5.74) is -0.0724. The normalized spacial score (nSPS) is 22.7. The number of carboxylic acid groups (broad SMARTS) is 1. The third-order valence-corrected chi connectivity index (χ3v) is 4.79. The van der Waals surface area contributed by atoms with E-state index in [9.17, 15) is 33.9 Å². The van der Waals surface area contributed by atoms with E-state index in [-0.39, 0.29) is 12.4 Å². The summed E-state index contributed by atoms with van der Waals surface area (Å²) in [5, 5.41) is 9.68. The number of ether oxygens (including phenoxy) is 7. The lowest BCUT2D eigenvalue weighted by Gasteiger charge is -2.43. The number of carbonyl (C=O) groups excluding carboxylic acids is 5. The van der Waals surface area contributed by atoms with Crippen LogP contribution in [0.1, 0.15) is 43.6 Å². The lowest BCUT2D eigenvalue weighted by Crippen LogP contribution is -2.64. The van der Waals surface area contributed by atoms with Gasteiger partial charge in [-0.2, -0.15) is 0 Å². The van der Waals surface area contributed by atoms with Crippen LogP contribution in [0.3, 0.4) is 0 Å². The molecule has 1 aromatic rings. The molecule has 1 heterocycles. The average molecular weight is 526 g/mol. The topological polar surface area (TPSA) is 187 Å². The average Bonchev–Trinajstić information content (AvgIpc) is 2.80. The van der Waals surface area contributed by atoms with Crippen molar-refractivity contribution in [3.8, 4) is 5.75 Å². The smallest absolute Gasteiger partial charge is 0.339 e. The molecule has 202 valence electrons. The molecule has 0 saturated carbocycles. The zero-order chi connectivity index (χ0) is 27.9. The van der Waals surface area contributed by atoms with Crippen molar-refractivity contribution in [3.05, 3.63) is 29.3 Å². The largest absolute Gasteiger partial charge is 0.478 e. The van der Waals surface area contributed by atoms with E-state index in [4.69, 9.17) is 33.2 Å². The summed E-state index contributed by atoms with van der Waals surface area (Å²) >= 11 is 0. The van der Waals surface area contributed by atoms with Gasteiger partial charge in [0.15, 0.2) is 18.3 Å². The molecule has 14 heteroatoms. The van der Waals surface area contributed by atoms with Crippen molar-refractivity contribution in [1.29, 1.82) is 0 Å². The van der Waals surface area contributed by atoms with E-state index in [1.807, 2.05) is 0 Å². The molecule has 0 amide bonds. The van der Waals surface area contributed by atoms with Crippen LogP contribution in [0.2, 0.25) is 0 Å². The van der Waals surface area contributed by atoms with Gasteiger partial charge < -0.3 is 38.3 Å². The highest BCUT2D eigenvalue weighted by atomic mass is 16.7. The monoisotopic (exact) mass is 526 g/mol. The highest BCUT2D eigenvalue weighted by Gasteiger charge is 2.56. The minimum Gasteiger partial charge on any atom is -0.478 e. The molecular formula is C23H26O14. The number of hydrogen-bond acceptors (Lipinski definition) is 13. The predicted octanol–water partition coefficient (Wildman–Crippen LogP) is 0.520. The predicted molar refractivity (Wildman–Crippen MR) is 117 cm³/mol. The van der Waals surface area contributed by atoms with Crippen LogP contribution in [0.4, 0.5) is 0 Å². The Bertz CT molecular complexity index is 1060. The lowest BCUT2D eigenvalue weighted by molar-refractivity contribution is -0.282. The van der Waals surface area contributed by atoms with Gasteiger partial charge in [-0.25, -0.2) is 9.59 Å². The van der Waals surface area contributed by atoms with Gasteiger partial charge in [-0.05, 0) is 17.7 Å². The minimum absolute atomic E-state index is 0.213. The first-order chi connectivity index (χ1) is 17.3. The Balaban J connectivity index is 2.55. The summed E-state index contributed by atoms with van der Waals surface area (Å²) in [4.78, 5) is 70.9. The van der Waals surface area contributed by atoms with E-state index in [0.717, 1.165) is 27.9 Å². The van der Waals surface area contributed by atoms with E-state index in [1.165, 1.54) is 25.1 Å². The summed E-state index contributed by atoms with van der Waals surface area (Å²) in [6.07, 6.45) is -8.28. The molecular weight excluding hydrogens is 500 g/mol. The number of esters is 5. The Morgan fingerprint density at radius 3 is 1.92 bits per heavy atom. The molecule has 1 aliphatic rings. The molecule has 0 spiro atoms. The zero-order valence-corrected chi connectivity index (χ0v) is 20.6. The molecule has 0 aromatic heterocycles. The van der Waals surface area contributed by atoms with Crippen LogP contribution in [0.15, 0.2) is 18.2 Å². The number of aromatic carboxylic acids is 1. The van der Waals surface area contributed by atoms with E-state index in [2.05, 4.69) is 0 Å². The fourth-order valence-corrected chi connectivity index (χ4v) is 3.42. The van der Waals surface area contributed by atoms with Crippen molar-refractivity contribution < 1.29 is 67.0 Å². The maximum Gasteiger partial charge on any atom is 0.339 e. The summed E-state index contributed by atoms with van der Waals surface area (Å²) in [5.74, 6) is -6.00. The highest BCUT2D eigenvalue weighted by molar-refractivity contribution is 5.91. The standard InChI is InChI=1S/C23H26O14/c1-10(24)32-9-14-6-7-16(15(8-14)21(28)29)36-23-20(35-13(4)27)18(34-12(3)26)17(33-11(2)25)19(37-23)22(30)31-5/h6-8,17-20,23H,9H2,1-5H3,(H,28,29)/t17-,18-,19-,20+,23+/m0/s1. The van der Waals surface area contributed by atoms with Gasteiger partial charge in [-0.3, -0.25) is 19.2 Å². The Morgan fingerprint density at radius 2 is 1.41 bits per heavy atom. The molecule has 14 nitrogen and oxygen atoms in total. The third-order valence-electron chi connectivity index (χ3n) is 4.79. The Morgan fingerprint density at radius 1 is 0.838 bits per heavy atom. The van der Waals surface area contributed by atoms with Crippen LogP contribution in [0.5, 0.6) is 5.75 Å². The maximum atomic E-state index is 12.5. The van der Waals surface area contributed by atoms with Gasteiger partial charge in [0.05, 0.1) is 7.11 Å². The molecule has 0 unspecified atom stereocenters. The van der Waals surface area contributed by atoms with E-state index < -0.39 is 72.1 Å². The zero-order valence-electron chi connectivity index (χ0n) is 20.6. The van der Waals surface area contributed by atoms with E-state index >= 15 is 0 Å². The van der Waals surface area contributed by atoms with Crippen molar-refractivity contribution in [2.24, 2.45) is 0 Å². The summed E-state index contributed by atoms with van der Waals surface area (Å²) in [6.45, 7) is 4.06. The van der Waals surface area contributed by atoms with Crippen LogP contribution >= 0.6 is 0 Å². The van der Waals surface area contributed by atoms with Crippen molar-refractivity contribution in [1.82, 2.24) is 0 Å². The van der Waals surface area contributed by atoms with Gasteiger partial charge in [0.25, 0.3) is 0 Å². The first-order valence-electron chi connectivity index (χ1n) is 10.7. The third kappa shape index (κ3) is 7.90. The first-order valence-corrected chi connectivity index (χ1v) is 10.7. The number of carbonyl (C=O) groups is 6. The molecule has 0 bridgehead atoms. The van der Waals surface area contributed by atoms with E-state index in [1.54, 1.807) is 0 Å². The van der Waals surface area contributed by atoms with Crippen LogP contribution in [-0.4, -0.2) is 78.7 Å². The molecule has 1 N–H and O–H groups in total. The second kappa shape index (κ2) is 12.7. The quantitative estimate of drug-likeness (QED) is 0.346. The highest BCUT2D eigenvalue weighted by Crippen LogP contribution is 2.32. The van der Waals surface area contributed by atoms with Gasteiger partial charge in [0, 0.05) is 27.7 Å². The molecule has 0 aliphatic carbocycles. The van der Waals surface area contributed by atoms with Crippen LogP contribution in [0, 0.1) is 0 Å². The maximum absolute atomic E-state index is 12.5. The molecule has 1 saturated heterocycles. The van der Waals surface area contributed by atoms with Gasteiger partial charge in [0.1, 0.15) is 17.9 Å². The molecule has 0 radical (unpaired) electrons. The van der Waals surface area contributed by atoms with Crippen molar-refractivity contribution in [3.63, 3.8) is 0 Å². The van der Waals surface area contributed by atoms with Crippen LogP contribution in [-0.2, 0) is 59.0 Å². The number of methoxy groups -OCH3 is 1. The second-order valence-electron chi connectivity index (χ2n) is 7.70. The summed E-state index contributed by atoms with van der Waals surface area (Å²) < 4.78 is 36.5. The molecule has 1 aliphatic heterocycles. The molecule has 1 aromatic carbocycles. The summed E-state index contributed by atoms with van der Waals surface area (Å²) in [7, 11) is 1.02. The van der Waals surface area contributed by atoms with Gasteiger partial charge >= 0.3 is 35.8 Å². The second-order valence-corrected chi connectivity index (χ2v) is 7.70. The number of rotatable bonds is 9. The van der Waals surface area contributed by atoms with Crippen LogP contribution < -0.4 is 4.74 Å². The van der Waals surface area contributed by atoms with Gasteiger partial charge in [-0.1, -0.05) is 6.07 Å². The fraction of sp³-hybridized carbons (Fsp3) is 0.478. The lowest BCUT2D eigenvalue weighted by atomic mass is 9.97. The summed E-state index contributed by atoms with van der Waals surface area (Å²) in [6, 6.07) is 3.80. The number of hydrogen-bond donors (Lipinski definition) is 1. The Kier molecular flexibility index (Phi) is 9.94. The molecule has 37 heavy (non-hydrogen) atoms. The molecule has 2 rings (SSSR count). The Hall–Kier alpha value is -4.20. The van der Waals surface area contributed by atoms with Crippen molar-refractivity contribution >= 4 is 35.8 Å². The number of benzene rings is 1. The van der Waals surface area contributed by atoms with Crippen molar-refractivity contribution in [2.45, 2.75) is 65.0 Å². The first kappa shape index (κ1) is 29.0. The van der Waals surface area contributed by atoms with Crippen molar-refractivity contribution in [2.75, 3.05) is 7.11 Å². The Labute approximate surface area is 210 Å². The number of carboxylic acids is 1. The SMILES string of the molecule is COC(=O)[C@H]1O[C@@H](Oc2ccc(COC(C)=O)cc2C(=O)O)[C@H](OC(C)=O)[C@@H](OC(C)=O)[C@@H]1OC(C)=O. The molecule has 5 atom stereocenters. The van der Waals surface area contributed by atoms with Gasteiger partial charge in [0.2, 0.25) is 12.4 Å². The van der Waals surface area contributed by atoms with Crippen LogP contribution in [0.25, 0.3) is 0 Å². The van der Waals surface area contributed by atoms with Gasteiger partial charge in [-0.15, -0.1) is 0 Å². The fourth-order valence-electron chi connectivity index (χ4n) is 3.42. The van der Waals surface area contributed by atoms with E-state index in [0.29, 0.717) is 5.56 Å².